The molecule has 2 heterocycles. The van der Waals surface area contributed by atoms with Gasteiger partial charge in [-0.25, -0.2) is 8.42 Å². The molecule has 0 saturated carbocycles. The minimum atomic E-state index is -3.52. The van der Waals surface area contributed by atoms with Crippen molar-refractivity contribution < 1.29 is 22.7 Å². The zero-order valence-electron chi connectivity index (χ0n) is 14.5. The lowest BCUT2D eigenvalue weighted by Crippen LogP contribution is -2.58. The molecule has 1 unspecified atom stereocenters. The summed E-state index contributed by atoms with van der Waals surface area (Å²) in [5.41, 5.74) is 0. The first-order chi connectivity index (χ1) is 11.8. The van der Waals surface area contributed by atoms with Gasteiger partial charge >= 0.3 is 0 Å². The Balaban J connectivity index is 1.72. The van der Waals surface area contributed by atoms with Gasteiger partial charge < -0.3 is 19.7 Å². The fourth-order valence-electron chi connectivity index (χ4n) is 3.46. The molecule has 25 heavy (non-hydrogen) atoms. The van der Waals surface area contributed by atoms with Crippen molar-refractivity contribution >= 4 is 15.7 Å². The SMILES string of the molecule is CN(CC1COc2ccccc2O1)C(=O)C1(S(C)(=O)=O)CCNCC1. The predicted molar refractivity (Wildman–Crippen MR) is 93.7 cm³/mol. The van der Waals surface area contributed by atoms with E-state index in [1.165, 1.54) is 4.90 Å². The third-order valence-electron chi connectivity index (χ3n) is 4.90. The molecule has 0 spiro atoms. The van der Waals surface area contributed by atoms with Crippen LogP contribution in [0, 0.1) is 0 Å². The summed E-state index contributed by atoms with van der Waals surface area (Å²) in [6, 6.07) is 7.36. The molecular formula is C17H24N2O5S. The Labute approximate surface area is 148 Å². The lowest BCUT2D eigenvalue weighted by Gasteiger charge is -2.38. The van der Waals surface area contributed by atoms with Crippen molar-refractivity contribution in [1.82, 2.24) is 10.2 Å². The van der Waals surface area contributed by atoms with E-state index in [1.54, 1.807) is 7.05 Å². The number of nitrogens with zero attached hydrogens (tertiary/aromatic N) is 1. The molecule has 0 radical (unpaired) electrons. The summed E-state index contributed by atoms with van der Waals surface area (Å²) < 4.78 is 35.0. The Morgan fingerprint density at radius 3 is 2.56 bits per heavy atom. The van der Waals surface area contributed by atoms with E-state index in [0.29, 0.717) is 44.0 Å². The first-order valence-electron chi connectivity index (χ1n) is 8.38. The van der Waals surface area contributed by atoms with E-state index < -0.39 is 14.6 Å². The third-order valence-corrected chi connectivity index (χ3v) is 6.90. The molecule has 8 heteroatoms. The van der Waals surface area contributed by atoms with Crippen LogP contribution in [-0.2, 0) is 14.6 Å². The number of rotatable bonds is 4. The number of likely N-dealkylation sites (N-methyl/N-ethyl adjacent to an activating group) is 1. The fraction of sp³-hybridized carbons (Fsp3) is 0.588. The van der Waals surface area contributed by atoms with Crippen molar-refractivity contribution in [2.45, 2.75) is 23.7 Å². The molecule has 2 aliphatic rings. The first-order valence-corrected chi connectivity index (χ1v) is 10.3. The highest BCUT2D eigenvalue weighted by Gasteiger charge is 2.50. The minimum absolute atomic E-state index is 0.276. The van der Waals surface area contributed by atoms with Crippen molar-refractivity contribution in [3.63, 3.8) is 0 Å². The molecule has 0 aliphatic carbocycles. The normalized spacial score (nSPS) is 22.2. The minimum Gasteiger partial charge on any atom is -0.486 e. The van der Waals surface area contributed by atoms with Gasteiger partial charge in [-0.2, -0.15) is 0 Å². The summed E-state index contributed by atoms with van der Waals surface area (Å²) in [4.78, 5) is 14.5. The van der Waals surface area contributed by atoms with Crippen LogP contribution < -0.4 is 14.8 Å². The Hall–Kier alpha value is -1.80. The summed E-state index contributed by atoms with van der Waals surface area (Å²) in [7, 11) is -1.90. The molecular weight excluding hydrogens is 344 g/mol. The number of nitrogens with one attached hydrogen (secondary N) is 1. The second-order valence-corrected chi connectivity index (χ2v) is 9.03. The number of benzene rings is 1. The number of amides is 1. The number of ether oxygens (including phenoxy) is 2. The van der Waals surface area contributed by atoms with E-state index in [4.69, 9.17) is 9.47 Å². The molecule has 1 aromatic carbocycles. The molecule has 1 fully saturated rings. The number of carbonyl (C=O) groups excluding carboxylic acids is 1. The van der Waals surface area contributed by atoms with E-state index in [0.717, 1.165) is 6.26 Å². The van der Waals surface area contributed by atoms with Crippen LogP contribution in [0.1, 0.15) is 12.8 Å². The molecule has 138 valence electrons. The average Bonchev–Trinajstić information content (AvgIpc) is 2.60. The lowest BCUT2D eigenvalue weighted by atomic mass is 9.95. The van der Waals surface area contributed by atoms with Crippen molar-refractivity contribution in [3.05, 3.63) is 24.3 Å². The summed E-state index contributed by atoms with van der Waals surface area (Å²) in [6.45, 7) is 1.63. The molecule has 1 N–H and O–H groups in total. The molecule has 1 atom stereocenters. The van der Waals surface area contributed by atoms with Crippen LogP contribution in [0.5, 0.6) is 11.5 Å². The molecule has 1 aromatic rings. The lowest BCUT2D eigenvalue weighted by molar-refractivity contribution is -0.134. The molecule has 0 bridgehead atoms. The molecule has 7 nitrogen and oxygen atoms in total. The van der Waals surface area contributed by atoms with Crippen LogP contribution in [0.25, 0.3) is 0 Å². The second-order valence-electron chi connectivity index (χ2n) is 6.70. The summed E-state index contributed by atoms with van der Waals surface area (Å²) in [6.07, 6.45) is 1.41. The largest absolute Gasteiger partial charge is 0.486 e. The van der Waals surface area contributed by atoms with Crippen LogP contribution >= 0.6 is 0 Å². The highest BCUT2D eigenvalue weighted by Crippen LogP contribution is 2.32. The topological polar surface area (TPSA) is 84.9 Å². The van der Waals surface area contributed by atoms with Gasteiger partial charge in [-0.3, -0.25) is 4.79 Å². The number of hydrogen-bond acceptors (Lipinski definition) is 6. The second kappa shape index (κ2) is 6.84. The van der Waals surface area contributed by atoms with Crippen molar-refractivity contribution in [1.29, 1.82) is 0 Å². The summed E-state index contributed by atoms with van der Waals surface area (Å²) >= 11 is 0. The van der Waals surface area contributed by atoms with Gasteiger partial charge in [0.05, 0.1) is 6.54 Å². The van der Waals surface area contributed by atoms with Gasteiger partial charge in [0.2, 0.25) is 5.91 Å². The zero-order chi connectivity index (χ0) is 18.1. The maximum absolute atomic E-state index is 13.0. The Morgan fingerprint density at radius 2 is 1.92 bits per heavy atom. The molecule has 2 aliphatic heterocycles. The quantitative estimate of drug-likeness (QED) is 0.831. The van der Waals surface area contributed by atoms with Gasteiger partial charge in [0.15, 0.2) is 32.2 Å². The van der Waals surface area contributed by atoms with E-state index in [2.05, 4.69) is 5.32 Å². The van der Waals surface area contributed by atoms with Gasteiger partial charge in [0.25, 0.3) is 0 Å². The van der Waals surface area contributed by atoms with Crippen LogP contribution in [0.2, 0.25) is 0 Å². The Bertz CT molecular complexity index is 743. The van der Waals surface area contributed by atoms with Crippen LogP contribution in [0.15, 0.2) is 24.3 Å². The number of sulfone groups is 1. The van der Waals surface area contributed by atoms with Crippen molar-refractivity contribution in [3.8, 4) is 11.5 Å². The monoisotopic (exact) mass is 368 g/mol. The van der Waals surface area contributed by atoms with E-state index in [1.807, 2.05) is 24.3 Å². The number of hydrogen-bond donors (Lipinski definition) is 1. The average molecular weight is 368 g/mol. The molecule has 3 rings (SSSR count). The smallest absolute Gasteiger partial charge is 0.243 e. The van der Waals surface area contributed by atoms with E-state index in [-0.39, 0.29) is 18.6 Å². The van der Waals surface area contributed by atoms with Crippen LogP contribution in [-0.4, -0.2) is 69.6 Å². The highest BCUT2D eigenvalue weighted by atomic mass is 32.2. The van der Waals surface area contributed by atoms with E-state index in [9.17, 15) is 13.2 Å². The van der Waals surface area contributed by atoms with E-state index >= 15 is 0 Å². The number of fused-ring (bicyclic) bond motifs is 1. The summed E-state index contributed by atoms with van der Waals surface area (Å²) in [5, 5.41) is 3.12. The first kappa shape index (κ1) is 18.0. The van der Waals surface area contributed by atoms with Gasteiger partial charge in [-0.05, 0) is 38.1 Å². The number of para-hydroxylation sites is 2. The third kappa shape index (κ3) is 3.46. The molecule has 0 aromatic heterocycles. The van der Waals surface area contributed by atoms with Gasteiger partial charge in [-0.1, -0.05) is 12.1 Å². The maximum Gasteiger partial charge on any atom is 0.243 e. The van der Waals surface area contributed by atoms with Gasteiger partial charge in [-0.15, -0.1) is 0 Å². The number of piperidine rings is 1. The Morgan fingerprint density at radius 1 is 1.28 bits per heavy atom. The molecule has 1 saturated heterocycles. The van der Waals surface area contributed by atoms with Crippen LogP contribution in [0.4, 0.5) is 0 Å². The number of carbonyl (C=O) groups is 1. The van der Waals surface area contributed by atoms with Crippen molar-refractivity contribution in [2.75, 3.05) is 39.5 Å². The van der Waals surface area contributed by atoms with Crippen molar-refractivity contribution in [2.24, 2.45) is 0 Å². The Kier molecular flexibility index (Phi) is 4.92. The maximum atomic E-state index is 13.0. The predicted octanol–water partition coefficient (Wildman–Crippen LogP) is 0.452. The van der Waals surface area contributed by atoms with Gasteiger partial charge in [0.1, 0.15) is 6.61 Å². The standard InChI is InChI=1S/C17H24N2O5S/c1-19(11-13-12-23-14-5-3-4-6-15(14)24-13)16(20)17(25(2,21)22)7-9-18-10-8-17/h3-6,13,18H,7-12H2,1-2H3. The van der Waals surface area contributed by atoms with Crippen LogP contribution in [0.3, 0.4) is 0 Å². The fourth-order valence-corrected chi connectivity index (χ4v) is 4.88. The zero-order valence-corrected chi connectivity index (χ0v) is 15.3. The van der Waals surface area contributed by atoms with Gasteiger partial charge in [0, 0.05) is 13.3 Å². The highest BCUT2D eigenvalue weighted by molar-refractivity contribution is 7.92. The summed E-state index contributed by atoms with van der Waals surface area (Å²) in [5.74, 6) is 0.956. The molecule has 1 amide bonds.